The Morgan fingerprint density at radius 2 is 1.75 bits per heavy atom. The van der Waals surface area contributed by atoms with Crippen LogP contribution in [-0.2, 0) is 28.9 Å². The predicted octanol–water partition coefficient (Wildman–Crippen LogP) is 4.43. The normalized spacial score (nSPS) is 11.9. The molecule has 0 aliphatic rings. The first-order valence-electron chi connectivity index (χ1n) is 11.7. The summed E-state index contributed by atoms with van der Waals surface area (Å²) in [5.41, 5.74) is 4.43. The van der Waals surface area contributed by atoms with Crippen LogP contribution in [0.15, 0.2) is 85.2 Å². The number of Topliss-reactive ketones (excluding diaryl/α,β-unsaturated/α-hetero) is 1. The number of nitrogens with one attached hydrogen (secondary N) is 1. The lowest BCUT2D eigenvalue weighted by Crippen LogP contribution is -2.42. The van der Waals surface area contributed by atoms with Gasteiger partial charge in [-0.15, -0.1) is 5.10 Å². The van der Waals surface area contributed by atoms with Crippen molar-refractivity contribution >= 4 is 29.4 Å². The fraction of sp³-hybridized carbons (Fsp3) is 0.179. The highest BCUT2D eigenvalue weighted by Crippen LogP contribution is 2.20. The summed E-state index contributed by atoms with van der Waals surface area (Å²) >= 11 is 6.17. The molecule has 36 heavy (non-hydrogen) atoms. The summed E-state index contributed by atoms with van der Waals surface area (Å²) in [6.07, 6.45) is 6.06. The number of aromatic nitrogens is 4. The van der Waals surface area contributed by atoms with Gasteiger partial charge in [-0.2, -0.15) is 4.68 Å². The third-order valence-electron chi connectivity index (χ3n) is 5.80. The molecule has 0 aliphatic heterocycles. The molecule has 0 fully saturated rings. The van der Waals surface area contributed by atoms with Crippen molar-refractivity contribution in [2.45, 2.75) is 32.2 Å². The highest BCUT2D eigenvalue weighted by atomic mass is 35.5. The van der Waals surface area contributed by atoms with Crippen LogP contribution in [0.1, 0.15) is 29.2 Å². The standard InChI is InChI=1S/C28H26ClN5O2/c1-2-20-8-10-22(11-9-20)17-27(35)25(16-21-6-4-3-5-7-21)31-28(36)15-12-23-18-24(29)13-14-26(23)34-19-30-32-33-34/h3-15,18-19,25H,2,16-17H2,1H3,(H,31,36)/b15-12+/t25-/m0/s1. The zero-order chi connectivity index (χ0) is 25.3. The first-order chi connectivity index (χ1) is 17.5. The number of ketones is 1. The molecule has 0 aliphatic carbocycles. The van der Waals surface area contributed by atoms with Gasteiger partial charge in [0.2, 0.25) is 5.91 Å². The van der Waals surface area contributed by atoms with Crippen molar-refractivity contribution in [1.29, 1.82) is 0 Å². The maximum atomic E-state index is 13.3. The summed E-state index contributed by atoms with van der Waals surface area (Å²) in [5, 5.41) is 14.6. The van der Waals surface area contributed by atoms with Crippen LogP contribution in [0.2, 0.25) is 5.02 Å². The maximum absolute atomic E-state index is 13.3. The van der Waals surface area contributed by atoms with E-state index in [-0.39, 0.29) is 18.1 Å². The Labute approximate surface area is 214 Å². The second-order valence-electron chi connectivity index (χ2n) is 8.35. The summed E-state index contributed by atoms with van der Waals surface area (Å²) in [7, 11) is 0. The number of carbonyl (C=O) groups is 2. The number of amides is 1. The first kappa shape index (κ1) is 25.0. The van der Waals surface area contributed by atoms with Crippen LogP contribution >= 0.6 is 11.6 Å². The van der Waals surface area contributed by atoms with E-state index in [1.54, 1.807) is 24.3 Å². The first-order valence-corrected chi connectivity index (χ1v) is 12.1. The minimum absolute atomic E-state index is 0.0537. The van der Waals surface area contributed by atoms with Crippen LogP contribution in [0.25, 0.3) is 11.8 Å². The molecule has 7 nitrogen and oxygen atoms in total. The number of hydrogen-bond donors (Lipinski definition) is 1. The fourth-order valence-electron chi connectivity index (χ4n) is 3.84. The van der Waals surface area contributed by atoms with Gasteiger partial charge in [-0.3, -0.25) is 9.59 Å². The summed E-state index contributed by atoms with van der Waals surface area (Å²) in [4.78, 5) is 26.2. The lowest BCUT2D eigenvalue weighted by molar-refractivity contribution is -0.125. The molecule has 8 heteroatoms. The van der Waals surface area contributed by atoms with Crippen LogP contribution in [0.4, 0.5) is 0 Å². The maximum Gasteiger partial charge on any atom is 0.244 e. The van der Waals surface area contributed by atoms with Crippen LogP contribution in [-0.4, -0.2) is 37.9 Å². The Balaban J connectivity index is 1.51. The quantitative estimate of drug-likeness (QED) is 0.326. The van der Waals surface area contributed by atoms with Gasteiger partial charge in [0.25, 0.3) is 0 Å². The summed E-state index contributed by atoms with van der Waals surface area (Å²) in [6.45, 7) is 2.09. The van der Waals surface area contributed by atoms with E-state index in [9.17, 15) is 9.59 Å². The molecule has 3 aromatic carbocycles. The van der Waals surface area contributed by atoms with Crippen molar-refractivity contribution in [3.8, 4) is 5.69 Å². The van der Waals surface area contributed by atoms with E-state index in [0.29, 0.717) is 22.7 Å². The summed E-state index contributed by atoms with van der Waals surface area (Å²) in [5.74, 6) is -0.435. The Bertz CT molecular complexity index is 1340. The van der Waals surface area contributed by atoms with Gasteiger partial charge in [0.15, 0.2) is 5.78 Å². The van der Waals surface area contributed by atoms with E-state index < -0.39 is 6.04 Å². The van der Waals surface area contributed by atoms with E-state index in [1.165, 1.54) is 22.6 Å². The molecular weight excluding hydrogens is 474 g/mol. The van der Waals surface area contributed by atoms with Gasteiger partial charge in [0.1, 0.15) is 6.33 Å². The molecule has 0 spiro atoms. The molecule has 1 amide bonds. The minimum Gasteiger partial charge on any atom is -0.342 e. The second-order valence-corrected chi connectivity index (χ2v) is 8.79. The molecular formula is C28H26ClN5O2. The van der Waals surface area contributed by atoms with E-state index in [2.05, 4.69) is 27.8 Å². The van der Waals surface area contributed by atoms with Crippen LogP contribution in [0.3, 0.4) is 0 Å². The second kappa shape index (κ2) is 12.0. The topological polar surface area (TPSA) is 89.8 Å². The lowest BCUT2D eigenvalue weighted by atomic mass is 9.97. The van der Waals surface area contributed by atoms with Gasteiger partial charge in [-0.05, 0) is 64.2 Å². The van der Waals surface area contributed by atoms with Crippen molar-refractivity contribution in [2.24, 2.45) is 0 Å². The van der Waals surface area contributed by atoms with Crippen molar-refractivity contribution in [2.75, 3.05) is 0 Å². The fourth-order valence-corrected chi connectivity index (χ4v) is 4.02. The molecule has 1 heterocycles. The van der Waals surface area contributed by atoms with Gasteiger partial charge >= 0.3 is 0 Å². The number of aryl methyl sites for hydroxylation is 1. The third kappa shape index (κ3) is 6.73. The van der Waals surface area contributed by atoms with Crippen molar-refractivity contribution < 1.29 is 9.59 Å². The highest BCUT2D eigenvalue weighted by Gasteiger charge is 2.21. The zero-order valence-electron chi connectivity index (χ0n) is 19.8. The molecule has 182 valence electrons. The highest BCUT2D eigenvalue weighted by molar-refractivity contribution is 6.30. The summed E-state index contributed by atoms with van der Waals surface area (Å²) < 4.78 is 1.49. The van der Waals surface area contributed by atoms with Crippen LogP contribution < -0.4 is 5.32 Å². The number of nitrogens with zero attached hydrogens (tertiary/aromatic N) is 4. The van der Waals surface area contributed by atoms with Crippen molar-refractivity contribution in [3.63, 3.8) is 0 Å². The number of tetrazole rings is 1. The van der Waals surface area contributed by atoms with E-state index >= 15 is 0 Å². The van der Waals surface area contributed by atoms with E-state index in [4.69, 9.17) is 11.6 Å². The van der Waals surface area contributed by atoms with Crippen molar-refractivity contribution in [3.05, 3.63) is 112 Å². The molecule has 0 saturated carbocycles. The lowest BCUT2D eigenvalue weighted by Gasteiger charge is -2.17. The monoisotopic (exact) mass is 499 g/mol. The number of hydrogen-bond acceptors (Lipinski definition) is 5. The van der Waals surface area contributed by atoms with E-state index in [0.717, 1.165) is 17.5 Å². The SMILES string of the molecule is CCc1ccc(CC(=O)[C@H](Cc2ccccc2)NC(=O)/C=C/c2cc(Cl)ccc2-n2cnnn2)cc1. The van der Waals surface area contributed by atoms with Gasteiger partial charge in [0.05, 0.1) is 11.7 Å². The average molecular weight is 500 g/mol. The molecule has 0 bridgehead atoms. The molecule has 1 atom stereocenters. The molecule has 1 N–H and O–H groups in total. The van der Waals surface area contributed by atoms with Gasteiger partial charge in [-0.1, -0.05) is 73.1 Å². The summed E-state index contributed by atoms with van der Waals surface area (Å²) in [6, 6.07) is 22.2. The molecule has 1 aromatic heterocycles. The number of carbonyl (C=O) groups excluding carboxylic acids is 2. The third-order valence-corrected chi connectivity index (χ3v) is 6.03. The molecule has 0 radical (unpaired) electrons. The molecule has 0 unspecified atom stereocenters. The van der Waals surface area contributed by atoms with Gasteiger partial charge in [-0.25, -0.2) is 0 Å². The Morgan fingerprint density at radius 1 is 1.00 bits per heavy atom. The smallest absolute Gasteiger partial charge is 0.244 e. The molecule has 4 rings (SSSR count). The minimum atomic E-state index is -0.672. The molecule has 0 saturated heterocycles. The van der Waals surface area contributed by atoms with Gasteiger partial charge in [0, 0.05) is 23.1 Å². The zero-order valence-corrected chi connectivity index (χ0v) is 20.6. The van der Waals surface area contributed by atoms with Crippen LogP contribution in [0.5, 0.6) is 0 Å². The molecule has 4 aromatic rings. The van der Waals surface area contributed by atoms with Crippen LogP contribution in [0, 0.1) is 0 Å². The Kier molecular flexibility index (Phi) is 8.36. The number of halogens is 1. The van der Waals surface area contributed by atoms with E-state index in [1.807, 2.05) is 54.6 Å². The Hall–Kier alpha value is -4.10. The average Bonchev–Trinajstić information content (AvgIpc) is 3.43. The number of benzene rings is 3. The predicted molar refractivity (Wildman–Crippen MR) is 140 cm³/mol. The van der Waals surface area contributed by atoms with Gasteiger partial charge < -0.3 is 5.32 Å². The van der Waals surface area contributed by atoms with Crippen molar-refractivity contribution in [1.82, 2.24) is 25.5 Å². The number of rotatable bonds is 10. The largest absolute Gasteiger partial charge is 0.342 e. The Morgan fingerprint density at radius 3 is 2.44 bits per heavy atom.